The molecule has 82 valence electrons. The maximum absolute atomic E-state index is 12.8. The van der Waals surface area contributed by atoms with Crippen molar-refractivity contribution in [1.82, 2.24) is 19.9 Å². The van der Waals surface area contributed by atoms with Crippen molar-refractivity contribution in [1.29, 1.82) is 0 Å². The zero-order chi connectivity index (χ0) is 11.5. The highest BCUT2D eigenvalue weighted by molar-refractivity contribution is 7.99. The molecule has 0 aromatic carbocycles. The molecule has 0 aliphatic heterocycles. The van der Waals surface area contributed by atoms with Crippen LogP contribution in [0.1, 0.15) is 5.69 Å². The quantitative estimate of drug-likeness (QED) is 0.628. The summed E-state index contributed by atoms with van der Waals surface area (Å²) < 4.78 is 12.8. The van der Waals surface area contributed by atoms with Crippen molar-refractivity contribution < 1.29 is 4.39 Å². The van der Waals surface area contributed by atoms with E-state index in [4.69, 9.17) is 0 Å². The lowest BCUT2D eigenvalue weighted by molar-refractivity contribution is 0.572. The van der Waals surface area contributed by atoms with Crippen LogP contribution in [-0.4, -0.2) is 19.9 Å². The molecule has 2 heterocycles. The Balaban J connectivity index is 2.30. The number of rotatable bonds is 2. The van der Waals surface area contributed by atoms with Crippen molar-refractivity contribution >= 4 is 11.8 Å². The Morgan fingerprint density at radius 2 is 2.19 bits per heavy atom. The first-order valence-electron chi connectivity index (χ1n) is 4.37. The van der Waals surface area contributed by atoms with Crippen molar-refractivity contribution in [2.45, 2.75) is 17.1 Å². The number of hydrogen-bond acceptors (Lipinski definition) is 5. The third-order valence-electron chi connectivity index (χ3n) is 1.66. The Labute approximate surface area is 94.2 Å². The summed E-state index contributed by atoms with van der Waals surface area (Å²) in [5.41, 5.74) is 0.352. The average molecular weight is 238 g/mol. The molecule has 2 aromatic rings. The van der Waals surface area contributed by atoms with E-state index in [2.05, 4.69) is 19.9 Å². The van der Waals surface area contributed by atoms with Gasteiger partial charge in [0.15, 0.2) is 5.16 Å². The summed E-state index contributed by atoms with van der Waals surface area (Å²) in [5.74, 6) is -0.618. The molecule has 0 atom stereocenters. The zero-order valence-corrected chi connectivity index (χ0v) is 9.08. The van der Waals surface area contributed by atoms with Gasteiger partial charge in [-0.3, -0.25) is 4.79 Å². The van der Waals surface area contributed by atoms with Crippen LogP contribution in [0.15, 0.2) is 33.4 Å². The molecule has 0 bridgehead atoms. The van der Waals surface area contributed by atoms with E-state index in [9.17, 15) is 9.18 Å². The van der Waals surface area contributed by atoms with Gasteiger partial charge in [-0.1, -0.05) is 0 Å². The van der Waals surface area contributed by atoms with E-state index in [1.807, 2.05) is 0 Å². The first-order valence-corrected chi connectivity index (χ1v) is 5.18. The predicted octanol–water partition coefficient (Wildman–Crippen LogP) is 1.16. The van der Waals surface area contributed by atoms with Gasteiger partial charge in [0.25, 0.3) is 5.56 Å². The minimum absolute atomic E-state index is 0.246. The SMILES string of the molecule is Cc1cc(=O)[nH]c(Sc2cc(F)ncn2)n1. The van der Waals surface area contributed by atoms with Crippen molar-refractivity contribution in [3.63, 3.8) is 0 Å². The molecule has 1 N–H and O–H groups in total. The molecule has 5 nitrogen and oxygen atoms in total. The maximum atomic E-state index is 12.8. The molecular weight excluding hydrogens is 231 g/mol. The normalized spacial score (nSPS) is 10.4. The van der Waals surface area contributed by atoms with Crippen LogP contribution in [0.3, 0.4) is 0 Å². The second-order valence-corrected chi connectivity index (χ2v) is 3.98. The van der Waals surface area contributed by atoms with Gasteiger partial charge in [0.2, 0.25) is 5.95 Å². The maximum Gasteiger partial charge on any atom is 0.251 e. The third-order valence-corrected chi connectivity index (χ3v) is 2.48. The molecule has 0 aliphatic carbocycles. The van der Waals surface area contributed by atoms with Crippen molar-refractivity contribution in [2.75, 3.05) is 0 Å². The largest absolute Gasteiger partial charge is 0.301 e. The molecular formula is C9H7FN4OS. The van der Waals surface area contributed by atoms with Crippen LogP contribution in [0, 0.1) is 12.9 Å². The Hall–Kier alpha value is -1.76. The fraction of sp³-hybridized carbons (Fsp3) is 0.111. The first kappa shape index (κ1) is 10.7. The number of aryl methyl sites for hydroxylation is 1. The number of nitrogens with one attached hydrogen (secondary N) is 1. The number of H-pyrrole nitrogens is 1. The molecule has 0 unspecified atom stereocenters. The molecule has 0 amide bonds. The minimum atomic E-state index is -0.618. The van der Waals surface area contributed by atoms with Crippen molar-refractivity contribution in [3.05, 3.63) is 40.5 Å². The molecule has 7 heteroatoms. The Bertz CT molecular complexity index is 571. The molecule has 0 spiro atoms. The van der Waals surface area contributed by atoms with Crippen LogP contribution in [0.2, 0.25) is 0 Å². The average Bonchev–Trinajstić information content (AvgIpc) is 2.15. The lowest BCUT2D eigenvalue weighted by atomic mass is 10.5. The van der Waals surface area contributed by atoms with Gasteiger partial charge in [-0.2, -0.15) is 4.39 Å². The summed E-state index contributed by atoms with van der Waals surface area (Å²) in [6.07, 6.45) is 1.12. The molecule has 0 saturated heterocycles. The van der Waals surface area contributed by atoms with E-state index in [1.165, 1.54) is 12.1 Å². The van der Waals surface area contributed by atoms with Gasteiger partial charge >= 0.3 is 0 Å². The topological polar surface area (TPSA) is 71.5 Å². The molecule has 0 fully saturated rings. The van der Waals surface area contributed by atoms with E-state index in [0.717, 1.165) is 18.1 Å². The van der Waals surface area contributed by atoms with E-state index >= 15 is 0 Å². The van der Waals surface area contributed by atoms with E-state index < -0.39 is 5.95 Å². The summed E-state index contributed by atoms with van der Waals surface area (Å²) in [6.45, 7) is 1.71. The molecule has 2 aromatic heterocycles. The molecule has 0 saturated carbocycles. The summed E-state index contributed by atoms with van der Waals surface area (Å²) in [4.78, 5) is 24.9. The van der Waals surface area contributed by atoms with Gasteiger partial charge in [-0.25, -0.2) is 15.0 Å². The van der Waals surface area contributed by atoms with E-state index in [-0.39, 0.29) is 5.56 Å². The lowest BCUT2D eigenvalue weighted by Gasteiger charge is -2.00. The van der Waals surface area contributed by atoms with Crippen LogP contribution < -0.4 is 5.56 Å². The minimum Gasteiger partial charge on any atom is -0.301 e. The highest BCUT2D eigenvalue weighted by Gasteiger charge is 2.04. The van der Waals surface area contributed by atoms with Gasteiger partial charge in [-0.15, -0.1) is 0 Å². The highest BCUT2D eigenvalue weighted by Crippen LogP contribution is 2.21. The van der Waals surface area contributed by atoms with Crippen molar-refractivity contribution in [3.8, 4) is 0 Å². The van der Waals surface area contributed by atoms with E-state index in [0.29, 0.717) is 15.9 Å². The second kappa shape index (κ2) is 4.40. The highest BCUT2D eigenvalue weighted by atomic mass is 32.2. The lowest BCUT2D eigenvalue weighted by Crippen LogP contribution is -2.08. The van der Waals surface area contributed by atoms with Crippen LogP contribution in [0.4, 0.5) is 4.39 Å². The van der Waals surface area contributed by atoms with Crippen LogP contribution >= 0.6 is 11.8 Å². The molecule has 2 rings (SSSR count). The second-order valence-electron chi connectivity index (χ2n) is 2.97. The number of halogens is 1. The third kappa shape index (κ3) is 2.63. The summed E-state index contributed by atoms with van der Waals surface area (Å²) >= 11 is 1.07. The molecule has 0 radical (unpaired) electrons. The fourth-order valence-corrected chi connectivity index (χ4v) is 1.87. The van der Waals surface area contributed by atoms with Gasteiger partial charge in [0, 0.05) is 17.8 Å². The van der Waals surface area contributed by atoms with Gasteiger partial charge in [0.1, 0.15) is 11.4 Å². The Morgan fingerprint density at radius 3 is 2.88 bits per heavy atom. The summed E-state index contributed by atoms with van der Waals surface area (Å²) in [5, 5.41) is 0.768. The fourth-order valence-electron chi connectivity index (χ4n) is 1.07. The standard InChI is InChI=1S/C9H7FN4OS/c1-5-2-7(15)14-9(13-5)16-8-3-6(10)11-4-12-8/h2-4H,1H3,(H,13,14,15). The predicted molar refractivity (Wildman–Crippen MR) is 55.7 cm³/mol. The smallest absolute Gasteiger partial charge is 0.251 e. The van der Waals surface area contributed by atoms with Crippen LogP contribution in [-0.2, 0) is 0 Å². The number of aromatic nitrogens is 4. The van der Waals surface area contributed by atoms with Crippen LogP contribution in [0.5, 0.6) is 0 Å². The molecule has 16 heavy (non-hydrogen) atoms. The summed E-state index contributed by atoms with van der Waals surface area (Å²) in [7, 11) is 0. The number of hydrogen-bond donors (Lipinski definition) is 1. The van der Waals surface area contributed by atoms with Crippen molar-refractivity contribution in [2.24, 2.45) is 0 Å². The Morgan fingerprint density at radius 1 is 1.38 bits per heavy atom. The number of aromatic amines is 1. The number of nitrogens with zero attached hydrogens (tertiary/aromatic N) is 3. The molecule has 0 aliphatic rings. The first-order chi connectivity index (χ1) is 7.63. The van der Waals surface area contributed by atoms with Gasteiger partial charge in [-0.05, 0) is 18.7 Å². The Kier molecular flexibility index (Phi) is 2.95. The zero-order valence-electron chi connectivity index (χ0n) is 8.27. The van der Waals surface area contributed by atoms with E-state index in [1.54, 1.807) is 6.92 Å². The van der Waals surface area contributed by atoms with Crippen LogP contribution in [0.25, 0.3) is 0 Å². The van der Waals surface area contributed by atoms with Gasteiger partial charge < -0.3 is 4.98 Å². The van der Waals surface area contributed by atoms with Gasteiger partial charge in [0.05, 0.1) is 0 Å². The monoisotopic (exact) mass is 238 g/mol. The summed E-state index contributed by atoms with van der Waals surface area (Å²) in [6, 6.07) is 2.55.